The minimum atomic E-state index is -0.234. The molecule has 3 aromatic rings. The van der Waals surface area contributed by atoms with Gasteiger partial charge in [0, 0.05) is 12.6 Å². The fourth-order valence-electron chi connectivity index (χ4n) is 2.77. The lowest BCUT2D eigenvalue weighted by atomic mass is 10.1. The lowest BCUT2D eigenvalue weighted by Crippen LogP contribution is -2.28. The number of aromatic hydroxyl groups is 1. The fraction of sp³-hybridized carbons (Fsp3) is 0.222. The molecule has 8 nitrogen and oxygen atoms in total. The van der Waals surface area contributed by atoms with Gasteiger partial charge in [-0.2, -0.15) is 0 Å². The molecule has 136 valence electrons. The van der Waals surface area contributed by atoms with Crippen LogP contribution >= 0.6 is 0 Å². The van der Waals surface area contributed by atoms with E-state index in [1.165, 1.54) is 18.8 Å². The summed E-state index contributed by atoms with van der Waals surface area (Å²) in [6, 6.07) is 10.1. The summed E-state index contributed by atoms with van der Waals surface area (Å²) >= 11 is 0. The zero-order chi connectivity index (χ0) is 18.7. The largest absolute Gasteiger partial charge is 0.508 e. The summed E-state index contributed by atoms with van der Waals surface area (Å²) < 4.78 is 12.0. The summed E-state index contributed by atoms with van der Waals surface area (Å²) in [6.45, 7) is 0.375. The van der Waals surface area contributed by atoms with Crippen LogP contribution < -0.4 is 26.3 Å². The number of nitrogens with one attached hydrogen (secondary N) is 1. The highest BCUT2D eigenvalue weighted by Gasteiger charge is 2.14. The van der Waals surface area contributed by atoms with Crippen LogP contribution in [0.1, 0.15) is 5.56 Å². The van der Waals surface area contributed by atoms with Gasteiger partial charge in [-0.1, -0.05) is 12.1 Å². The van der Waals surface area contributed by atoms with E-state index in [0.717, 1.165) is 5.56 Å². The molecular formula is C18H20N4O4. The number of benzene rings is 2. The number of phenols is 1. The van der Waals surface area contributed by atoms with Crippen molar-refractivity contribution in [3.05, 3.63) is 52.3 Å². The van der Waals surface area contributed by atoms with Crippen LogP contribution in [0, 0.1) is 0 Å². The van der Waals surface area contributed by atoms with Crippen molar-refractivity contribution in [2.75, 3.05) is 19.6 Å². The maximum Gasteiger partial charge on any atom is 0.262 e. The Morgan fingerprint density at radius 2 is 1.81 bits per heavy atom. The highest BCUT2D eigenvalue weighted by atomic mass is 16.5. The van der Waals surface area contributed by atoms with Crippen LogP contribution in [-0.4, -0.2) is 28.9 Å². The molecule has 0 spiro atoms. The molecule has 0 fully saturated rings. The van der Waals surface area contributed by atoms with E-state index in [1.807, 2.05) is 0 Å². The van der Waals surface area contributed by atoms with Crippen LogP contribution in [0.5, 0.6) is 17.2 Å². The number of methoxy groups -OCH3 is 2. The number of hydrogen-bond acceptors (Lipinski definition) is 7. The van der Waals surface area contributed by atoms with E-state index in [2.05, 4.69) is 10.4 Å². The van der Waals surface area contributed by atoms with Crippen molar-refractivity contribution < 1.29 is 14.6 Å². The first kappa shape index (κ1) is 17.6. The van der Waals surface area contributed by atoms with E-state index < -0.39 is 0 Å². The lowest BCUT2D eigenvalue weighted by molar-refractivity contribution is 0.355. The molecule has 0 unspecified atom stereocenters. The second-order valence-corrected chi connectivity index (χ2v) is 5.68. The van der Waals surface area contributed by atoms with Gasteiger partial charge in [0.2, 0.25) is 5.95 Å². The third kappa shape index (κ3) is 3.27. The molecule has 0 bridgehead atoms. The average molecular weight is 356 g/mol. The molecule has 0 radical (unpaired) electrons. The Labute approximate surface area is 149 Å². The van der Waals surface area contributed by atoms with Crippen molar-refractivity contribution in [2.45, 2.75) is 13.0 Å². The molecule has 4 N–H and O–H groups in total. The maximum absolute atomic E-state index is 12.9. The number of hydrazine groups is 1. The number of phenolic OH excluding ortho intramolecular Hbond substituents is 1. The van der Waals surface area contributed by atoms with Crippen molar-refractivity contribution in [1.29, 1.82) is 0 Å². The van der Waals surface area contributed by atoms with Gasteiger partial charge in [0.25, 0.3) is 5.56 Å². The summed E-state index contributed by atoms with van der Waals surface area (Å²) in [5.41, 5.74) is 3.68. The zero-order valence-electron chi connectivity index (χ0n) is 14.5. The second kappa shape index (κ2) is 7.32. The third-order valence-corrected chi connectivity index (χ3v) is 4.15. The summed E-state index contributed by atoms with van der Waals surface area (Å²) in [5.74, 6) is 6.96. The van der Waals surface area contributed by atoms with Crippen molar-refractivity contribution in [2.24, 2.45) is 5.84 Å². The average Bonchev–Trinajstić information content (AvgIpc) is 2.67. The van der Waals surface area contributed by atoms with Gasteiger partial charge in [0.1, 0.15) is 5.75 Å². The Hall–Kier alpha value is -3.26. The number of nitrogens with two attached hydrogens (primary N) is 1. The van der Waals surface area contributed by atoms with Crippen molar-refractivity contribution >= 4 is 16.9 Å². The first-order valence-electron chi connectivity index (χ1n) is 7.98. The summed E-state index contributed by atoms with van der Waals surface area (Å²) in [6.07, 6.45) is 0.579. The fourth-order valence-corrected chi connectivity index (χ4v) is 2.77. The molecule has 0 aliphatic heterocycles. The molecule has 0 saturated carbocycles. The number of nitrogen functional groups attached to an aromatic ring is 1. The molecular weight excluding hydrogens is 336 g/mol. The van der Waals surface area contributed by atoms with Crippen LogP contribution in [0.15, 0.2) is 41.2 Å². The molecule has 0 atom stereocenters. The van der Waals surface area contributed by atoms with Crippen LogP contribution in [0.3, 0.4) is 0 Å². The minimum absolute atomic E-state index is 0.198. The quantitative estimate of drug-likeness (QED) is 0.455. The number of rotatable bonds is 6. The Balaban J connectivity index is 2.04. The number of hydrogen-bond donors (Lipinski definition) is 3. The van der Waals surface area contributed by atoms with Gasteiger partial charge in [0.15, 0.2) is 11.5 Å². The standard InChI is InChI=1S/C18H20N4O4/c1-25-15-9-13-14(10-16(15)26-2)20-18(21-19)22(17(13)24)8-7-11-3-5-12(23)6-4-11/h3-6,9-10,23H,7-8,19H2,1-2H3,(H,20,21). The maximum atomic E-state index is 12.9. The number of anilines is 1. The monoisotopic (exact) mass is 356 g/mol. The Morgan fingerprint density at radius 1 is 1.15 bits per heavy atom. The number of ether oxygens (including phenoxy) is 2. The molecule has 0 aliphatic rings. The van der Waals surface area contributed by atoms with Gasteiger partial charge in [0.05, 0.1) is 25.1 Å². The van der Waals surface area contributed by atoms with Crippen LogP contribution in [0.25, 0.3) is 10.9 Å². The van der Waals surface area contributed by atoms with E-state index in [9.17, 15) is 9.90 Å². The van der Waals surface area contributed by atoms with Gasteiger partial charge in [-0.15, -0.1) is 0 Å². The van der Waals surface area contributed by atoms with Gasteiger partial charge in [-0.05, 0) is 30.2 Å². The molecule has 1 aromatic heterocycles. The molecule has 0 saturated heterocycles. The molecule has 0 amide bonds. The SMILES string of the molecule is COc1cc2nc(NN)n(CCc3ccc(O)cc3)c(=O)c2cc1OC. The normalized spacial score (nSPS) is 10.7. The molecule has 8 heteroatoms. The van der Waals surface area contributed by atoms with Crippen molar-refractivity contribution in [1.82, 2.24) is 9.55 Å². The molecule has 0 aliphatic carbocycles. The van der Waals surface area contributed by atoms with Gasteiger partial charge >= 0.3 is 0 Å². The number of aryl methyl sites for hydroxylation is 1. The molecule has 26 heavy (non-hydrogen) atoms. The van der Waals surface area contributed by atoms with Crippen LogP contribution in [0.4, 0.5) is 5.95 Å². The Kier molecular flexibility index (Phi) is 4.94. The first-order chi connectivity index (χ1) is 12.6. The van der Waals surface area contributed by atoms with Gasteiger partial charge < -0.3 is 14.6 Å². The smallest absolute Gasteiger partial charge is 0.262 e. The topological polar surface area (TPSA) is 112 Å². The third-order valence-electron chi connectivity index (χ3n) is 4.15. The van der Waals surface area contributed by atoms with E-state index in [4.69, 9.17) is 15.3 Å². The number of fused-ring (bicyclic) bond motifs is 1. The minimum Gasteiger partial charge on any atom is -0.508 e. The van der Waals surface area contributed by atoms with Crippen LogP contribution in [0.2, 0.25) is 0 Å². The van der Waals surface area contributed by atoms with Crippen molar-refractivity contribution in [3.63, 3.8) is 0 Å². The Morgan fingerprint density at radius 3 is 2.42 bits per heavy atom. The number of nitrogens with zero attached hydrogens (tertiary/aromatic N) is 2. The molecule has 2 aromatic carbocycles. The highest BCUT2D eigenvalue weighted by molar-refractivity contribution is 5.82. The van der Waals surface area contributed by atoms with E-state index in [1.54, 1.807) is 36.4 Å². The van der Waals surface area contributed by atoms with E-state index >= 15 is 0 Å². The Bertz CT molecular complexity index is 983. The van der Waals surface area contributed by atoms with Crippen molar-refractivity contribution in [3.8, 4) is 17.2 Å². The predicted molar refractivity (Wildman–Crippen MR) is 98.7 cm³/mol. The summed E-state index contributed by atoms with van der Waals surface area (Å²) in [4.78, 5) is 17.4. The van der Waals surface area contributed by atoms with Gasteiger partial charge in [-0.25, -0.2) is 10.8 Å². The van der Waals surface area contributed by atoms with Gasteiger partial charge in [-0.3, -0.25) is 14.8 Å². The molecule has 1 heterocycles. The van der Waals surface area contributed by atoms with E-state index in [-0.39, 0.29) is 17.3 Å². The highest BCUT2D eigenvalue weighted by Crippen LogP contribution is 2.30. The second-order valence-electron chi connectivity index (χ2n) is 5.68. The lowest BCUT2D eigenvalue weighted by Gasteiger charge is -2.14. The molecule has 3 rings (SSSR count). The number of aromatic nitrogens is 2. The zero-order valence-corrected chi connectivity index (χ0v) is 14.5. The summed E-state index contributed by atoms with van der Waals surface area (Å²) in [7, 11) is 3.03. The first-order valence-corrected chi connectivity index (χ1v) is 7.98. The van der Waals surface area contributed by atoms with Crippen LogP contribution in [-0.2, 0) is 13.0 Å². The predicted octanol–water partition coefficient (Wildman–Crippen LogP) is 1.65. The van der Waals surface area contributed by atoms with E-state index in [0.29, 0.717) is 35.4 Å². The summed E-state index contributed by atoms with van der Waals surface area (Å²) in [5, 5.41) is 9.77.